The minimum absolute atomic E-state index is 0.333. The molecule has 1 atom stereocenters. The van der Waals surface area contributed by atoms with Crippen LogP contribution >= 0.6 is 0 Å². The number of ether oxygens (including phenoxy) is 1. The van der Waals surface area contributed by atoms with Gasteiger partial charge in [0.25, 0.3) is 0 Å². The maximum Gasteiger partial charge on any atom is 0.191 e. The van der Waals surface area contributed by atoms with E-state index in [0.717, 1.165) is 45.5 Å². The summed E-state index contributed by atoms with van der Waals surface area (Å²) in [6, 6.07) is 0. The van der Waals surface area contributed by atoms with Gasteiger partial charge in [-0.1, -0.05) is 6.92 Å². The number of rotatable bonds is 4. The molecule has 1 saturated heterocycles. The molecule has 0 spiro atoms. The highest BCUT2D eigenvalue weighted by Gasteiger charge is 2.20. The Hall–Kier alpha value is -0.770. The number of nitrogens with zero attached hydrogens (tertiary/aromatic N) is 2. The first-order valence-electron chi connectivity index (χ1n) is 5.94. The first kappa shape index (κ1) is 12.3. The van der Waals surface area contributed by atoms with Gasteiger partial charge in [0, 0.05) is 26.2 Å². The van der Waals surface area contributed by atoms with Gasteiger partial charge in [0.1, 0.15) is 0 Å². The zero-order valence-corrected chi connectivity index (χ0v) is 9.91. The first-order chi connectivity index (χ1) is 7.27. The Balaban J connectivity index is 2.40. The predicted molar refractivity (Wildman–Crippen MR) is 63.0 cm³/mol. The number of hydrogen-bond acceptors (Lipinski definition) is 2. The summed E-state index contributed by atoms with van der Waals surface area (Å²) in [4.78, 5) is 6.46. The average molecular weight is 213 g/mol. The van der Waals surface area contributed by atoms with Gasteiger partial charge in [0.2, 0.25) is 0 Å². The van der Waals surface area contributed by atoms with E-state index in [1.807, 2.05) is 6.92 Å². The van der Waals surface area contributed by atoms with Crippen LogP contribution in [0.25, 0.3) is 0 Å². The van der Waals surface area contributed by atoms with Gasteiger partial charge in [-0.2, -0.15) is 0 Å². The summed E-state index contributed by atoms with van der Waals surface area (Å²) >= 11 is 0. The first-order valence-corrected chi connectivity index (χ1v) is 5.94. The van der Waals surface area contributed by atoms with Crippen molar-refractivity contribution >= 4 is 5.96 Å². The summed E-state index contributed by atoms with van der Waals surface area (Å²) in [6.45, 7) is 7.66. The summed E-state index contributed by atoms with van der Waals surface area (Å²) in [7, 11) is 0. The molecule has 15 heavy (non-hydrogen) atoms. The second-order valence-electron chi connectivity index (χ2n) is 3.91. The van der Waals surface area contributed by atoms with Crippen LogP contribution in [0.2, 0.25) is 0 Å². The summed E-state index contributed by atoms with van der Waals surface area (Å²) in [5, 5.41) is 0. The average Bonchev–Trinajstić information content (AvgIpc) is 2.27. The van der Waals surface area contributed by atoms with Crippen LogP contribution in [0.1, 0.15) is 33.1 Å². The maximum absolute atomic E-state index is 5.91. The van der Waals surface area contributed by atoms with Crippen molar-refractivity contribution in [2.45, 2.75) is 39.2 Å². The van der Waals surface area contributed by atoms with E-state index in [4.69, 9.17) is 10.5 Å². The van der Waals surface area contributed by atoms with Crippen LogP contribution in [0.3, 0.4) is 0 Å². The predicted octanol–water partition coefficient (Wildman–Crippen LogP) is 1.21. The van der Waals surface area contributed by atoms with Crippen molar-refractivity contribution < 1.29 is 4.74 Å². The molecular weight excluding hydrogens is 190 g/mol. The molecule has 1 aliphatic rings. The third-order valence-corrected chi connectivity index (χ3v) is 2.60. The Morgan fingerprint density at radius 2 is 2.33 bits per heavy atom. The normalized spacial score (nSPS) is 23.2. The lowest BCUT2D eigenvalue weighted by Gasteiger charge is -2.33. The number of nitrogens with two attached hydrogens (primary N) is 1. The Morgan fingerprint density at radius 1 is 1.53 bits per heavy atom. The van der Waals surface area contributed by atoms with E-state index in [-0.39, 0.29) is 0 Å². The zero-order valence-electron chi connectivity index (χ0n) is 9.91. The van der Waals surface area contributed by atoms with E-state index in [2.05, 4.69) is 16.8 Å². The highest BCUT2D eigenvalue weighted by Crippen LogP contribution is 2.12. The molecule has 88 valence electrons. The molecule has 1 unspecified atom stereocenters. The van der Waals surface area contributed by atoms with Crippen LogP contribution in [-0.2, 0) is 4.74 Å². The number of hydrogen-bond donors (Lipinski definition) is 1. The largest absolute Gasteiger partial charge is 0.377 e. The van der Waals surface area contributed by atoms with Crippen LogP contribution in [0.4, 0.5) is 0 Å². The van der Waals surface area contributed by atoms with Gasteiger partial charge in [-0.3, -0.25) is 4.99 Å². The SMILES string of the molecule is CCCN=C(N)N1CCCC(OCC)C1. The molecular formula is C11H23N3O. The summed E-state index contributed by atoms with van der Waals surface area (Å²) in [5.74, 6) is 0.682. The number of piperidine rings is 1. The summed E-state index contributed by atoms with van der Waals surface area (Å²) in [6.07, 6.45) is 3.67. The van der Waals surface area contributed by atoms with Gasteiger partial charge in [-0.15, -0.1) is 0 Å². The fourth-order valence-electron chi connectivity index (χ4n) is 1.84. The molecule has 0 aromatic carbocycles. The van der Waals surface area contributed by atoms with Crippen molar-refractivity contribution in [1.82, 2.24) is 4.90 Å². The standard InChI is InChI=1S/C11H23N3O/c1-3-7-13-11(12)14-8-5-6-10(9-14)15-4-2/h10H,3-9H2,1-2H3,(H2,12,13). The summed E-state index contributed by atoms with van der Waals surface area (Å²) in [5.41, 5.74) is 5.91. The molecule has 0 aliphatic carbocycles. The lowest BCUT2D eigenvalue weighted by atomic mass is 10.1. The van der Waals surface area contributed by atoms with Crippen molar-refractivity contribution in [1.29, 1.82) is 0 Å². The molecule has 0 radical (unpaired) electrons. The topological polar surface area (TPSA) is 50.8 Å². The lowest BCUT2D eigenvalue weighted by Crippen LogP contribution is -2.46. The van der Waals surface area contributed by atoms with Crippen LogP contribution in [0.5, 0.6) is 0 Å². The van der Waals surface area contributed by atoms with E-state index in [0.29, 0.717) is 12.1 Å². The van der Waals surface area contributed by atoms with Gasteiger partial charge in [0.15, 0.2) is 5.96 Å². The molecule has 2 N–H and O–H groups in total. The van der Waals surface area contributed by atoms with Crippen LogP contribution in [0, 0.1) is 0 Å². The molecule has 1 aliphatic heterocycles. The third kappa shape index (κ3) is 4.08. The Labute approximate surface area is 92.5 Å². The third-order valence-electron chi connectivity index (χ3n) is 2.60. The molecule has 0 saturated carbocycles. The molecule has 0 bridgehead atoms. The Kier molecular flexibility index (Phi) is 5.47. The maximum atomic E-state index is 5.91. The highest BCUT2D eigenvalue weighted by molar-refractivity contribution is 5.78. The van der Waals surface area contributed by atoms with E-state index in [1.54, 1.807) is 0 Å². The van der Waals surface area contributed by atoms with Crippen LogP contribution in [0.15, 0.2) is 4.99 Å². The molecule has 1 heterocycles. The molecule has 0 aromatic rings. The van der Waals surface area contributed by atoms with Crippen molar-refractivity contribution in [2.24, 2.45) is 10.7 Å². The number of guanidine groups is 1. The molecule has 0 aromatic heterocycles. The van der Waals surface area contributed by atoms with Crippen molar-refractivity contribution in [3.63, 3.8) is 0 Å². The quantitative estimate of drug-likeness (QED) is 0.564. The minimum Gasteiger partial charge on any atom is -0.377 e. The number of aliphatic imine (C=N–C) groups is 1. The Bertz CT molecular complexity index is 204. The molecule has 0 amide bonds. The number of likely N-dealkylation sites (tertiary alicyclic amines) is 1. The van der Waals surface area contributed by atoms with Crippen molar-refractivity contribution in [3.05, 3.63) is 0 Å². The minimum atomic E-state index is 0.333. The summed E-state index contributed by atoms with van der Waals surface area (Å²) < 4.78 is 5.62. The monoisotopic (exact) mass is 213 g/mol. The van der Waals surface area contributed by atoms with Gasteiger partial charge in [-0.25, -0.2) is 0 Å². The zero-order chi connectivity index (χ0) is 11.1. The van der Waals surface area contributed by atoms with Gasteiger partial charge in [-0.05, 0) is 26.2 Å². The van der Waals surface area contributed by atoms with Crippen molar-refractivity contribution in [2.75, 3.05) is 26.2 Å². The van der Waals surface area contributed by atoms with E-state index in [9.17, 15) is 0 Å². The fraction of sp³-hybridized carbons (Fsp3) is 0.909. The van der Waals surface area contributed by atoms with Gasteiger partial charge < -0.3 is 15.4 Å². The van der Waals surface area contributed by atoms with E-state index in [1.165, 1.54) is 0 Å². The van der Waals surface area contributed by atoms with E-state index >= 15 is 0 Å². The van der Waals surface area contributed by atoms with Crippen LogP contribution < -0.4 is 5.73 Å². The molecule has 1 fully saturated rings. The molecule has 4 heteroatoms. The van der Waals surface area contributed by atoms with Crippen molar-refractivity contribution in [3.8, 4) is 0 Å². The van der Waals surface area contributed by atoms with E-state index < -0.39 is 0 Å². The lowest BCUT2D eigenvalue weighted by molar-refractivity contribution is 0.0232. The van der Waals surface area contributed by atoms with Crippen LogP contribution in [-0.4, -0.2) is 43.2 Å². The highest BCUT2D eigenvalue weighted by atomic mass is 16.5. The molecule has 4 nitrogen and oxygen atoms in total. The van der Waals surface area contributed by atoms with Gasteiger partial charge in [0.05, 0.1) is 6.10 Å². The second kappa shape index (κ2) is 6.67. The van der Waals surface area contributed by atoms with Gasteiger partial charge >= 0.3 is 0 Å². The smallest absolute Gasteiger partial charge is 0.191 e. The second-order valence-corrected chi connectivity index (χ2v) is 3.91. The Morgan fingerprint density at radius 3 is 3.00 bits per heavy atom. The fourth-order valence-corrected chi connectivity index (χ4v) is 1.84. The molecule has 1 rings (SSSR count).